The molecule has 1 aliphatic carbocycles. The fourth-order valence-electron chi connectivity index (χ4n) is 1.65. The highest BCUT2D eigenvalue weighted by atomic mass is 32.2. The maximum atomic E-state index is 5.55. The lowest BCUT2D eigenvalue weighted by atomic mass is 10.2. The third kappa shape index (κ3) is 3.86. The molecule has 0 amide bonds. The Morgan fingerprint density at radius 2 is 2.07 bits per heavy atom. The van der Waals surface area contributed by atoms with Crippen molar-refractivity contribution >= 4 is 11.8 Å². The van der Waals surface area contributed by atoms with Crippen LogP contribution in [0.1, 0.15) is 19.3 Å². The summed E-state index contributed by atoms with van der Waals surface area (Å²) in [4.78, 5) is 1.33. The first-order valence-corrected chi connectivity index (χ1v) is 6.51. The average Bonchev–Trinajstić information content (AvgIpc) is 3.09. The molecule has 3 N–H and O–H groups in total. The molecule has 0 saturated heterocycles. The molecule has 0 aromatic heterocycles. The topological polar surface area (TPSA) is 38.0 Å². The minimum Gasteiger partial charge on any atom is -0.271 e. The molecule has 82 valence electrons. The van der Waals surface area contributed by atoms with Gasteiger partial charge in [-0.1, -0.05) is 31.0 Å². The predicted molar refractivity (Wildman–Crippen MR) is 65.6 cm³/mol. The van der Waals surface area contributed by atoms with Gasteiger partial charge in [0.05, 0.1) is 0 Å². The lowest BCUT2D eigenvalue weighted by molar-refractivity contribution is 0.508. The Morgan fingerprint density at radius 1 is 1.33 bits per heavy atom. The summed E-state index contributed by atoms with van der Waals surface area (Å²) < 4.78 is 0. The van der Waals surface area contributed by atoms with Crippen LogP contribution in [0.5, 0.6) is 0 Å². The highest BCUT2D eigenvalue weighted by Gasteiger charge is 2.24. The van der Waals surface area contributed by atoms with Crippen molar-refractivity contribution in [2.24, 2.45) is 11.8 Å². The number of hydrazine groups is 1. The van der Waals surface area contributed by atoms with E-state index in [0.717, 1.165) is 11.7 Å². The van der Waals surface area contributed by atoms with Crippen LogP contribution in [0.2, 0.25) is 0 Å². The van der Waals surface area contributed by atoms with Gasteiger partial charge in [0.15, 0.2) is 0 Å². The third-order valence-corrected chi connectivity index (χ3v) is 3.92. The van der Waals surface area contributed by atoms with Gasteiger partial charge in [-0.3, -0.25) is 11.3 Å². The van der Waals surface area contributed by atoms with E-state index in [0.29, 0.717) is 6.04 Å². The maximum Gasteiger partial charge on any atom is 0.0307 e. The monoisotopic (exact) mass is 222 g/mol. The van der Waals surface area contributed by atoms with Crippen LogP contribution in [-0.2, 0) is 0 Å². The SMILES string of the molecule is NNC(CSc1ccccc1)CC1CC1. The molecule has 0 bridgehead atoms. The van der Waals surface area contributed by atoms with Gasteiger partial charge in [-0.25, -0.2) is 0 Å². The lowest BCUT2D eigenvalue weighted by Crippen LogP contribution is -2.37. The number of hydrogen-bond donors (Lipinski definition) is 2. The van der Waals surface area contributed by atoms with Gasteiger partial charge >= 0.3 is 0 Å². The van der Waals surface area contributed by atoms with E-state index < -0.39 is 0 Å². The molecule has 2 rings (SSSR count). The second-order valence-electron chi connectivity index (χ2n) is 4.17. The standard InChI is InChI=1S/C12H18N2S/c13-14-11(8-10-6-7-10)9-15-12-4-2-1-3-5-12/h1-5,10-11,14H,6-9,13H2. The van der Waals surface area contributed by atoms with E-state index in [2.05, 4.69) is 29.7 Å². The van der Waals surface area contributed by atoms with E-state index in [1.165, 1.54) is 24.2 Å². The molecule has 1 aromatic rings. The molecule has 3 heteroatoms. The zero-order valence-corrected chi connectivity index (χ0v) is 9.67. The Balaban J connectivity index is 1.75. The van der Waals surface area contributed by atoms with E-state index in [4.69, 9.17) is 5.84 Å². The molecule has 1 fully saturated rings. The fourth-order valence-corrected chi connectivity index (χ4v) is 2.63. The number of hydrogen-bond acceptors (Lipinski definition) is 3. The largest absolute Gasteiger partial charge is 0.271 e. The molecule has 1 unspecified atom stereocenters. The van der Waals surface area contributed by atoms with Crippen LogP contribution < -0.4 is 11.3 Å². The summed E-state index contributed by atoms with van der Waals surface area (Å²) in [5.74, 6) is 7.55. The summed E-state index contributed by atoms with van der Waals surface area (Å²) in [6.45, 7) is 0. The Kier molecular flexibility index (Phi) is 4.06. The first kappa shape index (κ1) is 11.0. The van der Waals surface area contributed by atoms with E-state index >= 15 is 0 Å². The van der Waals surface area contributed by atoms with Crippen molar-refractivity contribution in [2.45, 2.75) is 30.2 Å². The summed E-state index contributed by atoms with van der Waals surface area (Å²) in [7, 11) is 0. The quantitative estimate of drug-likeness (QED) is 0.441. The molecule has 15 heavy (non-hydrogen) atoms. The smallest absolute Gasteiger partial charge is 0.0307 e. The first-order valence-electron chi connectivity index (χ1n) is 5.52. The first-order chi connectivity index (χ1) is 7.38. The van der Waals surface area contributed by atoms with Crippen LogP contribution >= 0.6 is 11.8 Å². The number of rotatable bonds is 6. The van der Waals surface area contributed by atoms with Crippen molar-refractivity contribution in [1.29, 1.82) is 0 Å². The molecule has 1 saturated carbocycles. The summed E-state index contributed by atoms with van der Waals surface area (Å²) in [5, 5.41) is 0. The summed E-state index contributed by atoms with van der Waals surface area (Å²) in [6, 6.07) is 11.0. The second kappa shape index (κ2) is 5.54. The number of benzene rings is 1. The van der Waals surface area contributed by atoms with Gasteiger partial charge in [0, 0.05) is 16.7 Å². The van der Waals surface area contributed by atoms with Gasteiger partial charge < -0.3 is 0 Å². The summed E-state index contributed by atoms with van der Waals surface area (Å²) in [5.41, 5.74) is 2.92. The van der Waals surface area contributed by atoms with Crippen molar-refractivity contribution in [2.75, 3.05) is 5.75 Å². The van der Waals surface area contributed by atoms with Crippen LogP contribution in [0.3, 0.4) is 0 Å². The van der Waals surface area contributed by atoms with Crippen LogP contribution in [-0.4, -0.2) is 11.8 Å². The van der Waals surface area contributed by atoms with Crippen LogP contribution in [0.4, 0.5) is 0 Å². The van der Waals surface area contributed by atoms with Gasteiger partial charge in [-0.15, -0.1) is 11.8 Å². The van der Waals surface area contributed by atoms with Crippen molar-refractivity contribution in [1.82, 2.24) is 5.43 Å². The summed E-state index contributed by atoms with van der Waals surface area (Å²) >= 11 is 1.88. The minimum absolute atomic E-state index is 0.461. The molecule has 1 atom stereocenters. The molecule has 0 heterocycles. The molecule has 1 aromatic carbocycles. The average molecular weight is 222 g/mol. The van der Waals surface area contributed by atoms with E-state index in [-0.39, 0.29) is 0 Å². The van der Waals surface area contributed by atoms with Gasteiger partial charge in [0.1, 0.15) is 0 Å². The van der Waals surface area contributed by atoms with Crippen molar-refractivity contribution in [3.8, 4) is 0 Å². The van der Waals surface area contributed by atoms with Crippen LogP contribution in [0.25, 0.3) is 0 Å². The van der Waals surface area contributed by atoms with Gasteiger partial charge in [0.2, 0.25) is 0 Å². The Morgan fingerprint density at radius 3 is 2.67 bits per heavy atom. The minimum atomic E-state index is 0.461. The molecule has 0 spiro atoms. The number of thioether (sulfide) groups is 1. The van der Waals surface area contributed by atoms with Crippen molar-refractivity contribution in [3.63, 3.8) is 0 Å². The Bertz CT molecular complexity index is 285. The molecular weight excluding hydrogens is 204 g/mol. The van der Waals surface area contributed by atoms with E-state index in [1.807, 2.05) is 17.8 Å². The lowest BCUT2D eigenvalue weighted by Gasteiger charge is -2.14. The zero-order chi connectivity index (χ0) is 10.5. The van der Waals surface area contributed by atoms with Crippen molar-refractivity contribution < 1.29 is 0 Å². The van der Waals surface area contributed by atoms with E-state index in [9.17, 15) is 0 Å². The molecule has 0 radical (unpaired) electrons. The van der Waals surface area contributed by atoms with Gasteiger partial charge in [-0.05, 0) is 24.5 Å². The Labute approximate surface area is 95.6 Å². The van der Waals surface area contributed by atoms with Crippen molar-refractivity contribution in [3.05, 3.63) is 30.3 Å². The zero-order valence-electron chi connectivity index (χ0n) is 8.86. The van der Waals surface area contributed by atoms with Crippen LogP contribution in [0, 0.1) is 5.92 Å². The molecule has 2 nitrogen and oxygen atoms in total. The number of nitrogens with one attached hydrogen (secondary N) is 1. The Hall–Kier alpha value is -0.510. The van der Waals surface area contributed by atoms with E-state index in [1.54, 1.807) is 0 Å². The third-order valence-electron chi connectivity index (χ3n) is 2.74. The summed E-state index contributed by atoms with van der Waals surface area (Å²) in [6.07, 6.45) is 4.03. The van der Waals surface area contributed by atoms with Gasteiger partial charge in [0.25, 0.3) is 0 Å². The fraction of sp³-hybridized carbons (Fsp3) is 0.500. The van der Waals surface area contributed by atoms with Gasteiger partial charge in [-0.2, -0.15) is 0 Å². The molecule has 0 aliphatic heterocycles. The molecule has 1 aliphatic rings. The normalized spacial score (nSPS) is 17.7. The second-order valence-corrected chi connectivity index (χ2v) is 5.26. The highest BCUT2D eigenvalue weighted by Crippen LogP contribution is 2.34. The maximum absolute atomic E-state index is 5.55. The number of nitrogens with two attached hydrogens (primary N) is 1. The molecular formula is C12H18N2S. The predicted octanol–water partition coefficient (Wildman–Crippen LogP) is 2.41. The highest BCUT2D eigenvalue weighted by molar-refractivity contribution is 7.99. The van der Waals surface area contributed by atoms with Crippen LogP contribution in [0.15, 0.2) is 35.2 Å².